The highest BCUT2D eigenvalue weighted by atomic mass is 35.5. The van der Waals surface area contributed by atoms with Crippen LogP contribution in [0.5, 0.6) is 5.75 Å². The van der Waals surface area contributed by atoms with E-state index in [1.54, 1.807) is 25.3 Å². The van der Waals surface area contributed by atoms with E-state index >= 15 is 0 Å². The van der Waals surface area contributed by atoms with Crippen LogP contribution in [0.1, 0.15) is 32.1 Å². The van der Waals surface area contributed by atoms with Crippen LogP contribution in [0, 0.1) is 11.8 Å². The molecular formula is C18H23ClN2O3. The third-order valence-electron chi connectivity index (χ3n) is 5.05. The Morgan fingerprint density at radius 3 is 2.46 bits per heavy atom. The molecule has 0 unspecified atom stereocenters. The van der Waals surface area contributed by atoms with E-state index in [2.05, 4.69) is 5.32 Å². The van der Waals surface area contributed by atoms with E-state index in [0.717, 1.165) is 19.3 Å². The number of hydrogen-bond acceptors (Lipinski definition) is 3. The Bertz CT molecular complexity index is 623. The van der Waals surface area contributed by atoms with Gasteiger partial charge in [0.25, 0.3) is 0 Å². The summed E-state index contributed by atoms with van der Waals surface area (Å²) in [4.78, 5) is 26.7. The van der Waals surface area contributed by atoms with Crippen molar-refractivity contribution < 1.29 is 14.3 Å². The number of hydrogen-bond donors (Lipinski definition) is 1. The van der Waals surface area contributed by atoms with Crippen molar-refractivity contribution in [3.63, 3.8) is 0 Å². The van der Waals surface area contributed by atoms with Gasteiger partial charge in [0, 0.05) is 29.9 Å². The van der Waals surface area contributed by atoms with Gasteiger partial charge in [0.1, 0.15) is 5.75 Å². The van der Waals surface area contributed by atoms with Gasteiger partial charge >= 0.3 is 0 Å². The fraction of sp³-hybridized carbons (Fsp3) is 0.556. The van der Waals surface area contributed by atoms with E-state index in [4.69, 9.17) is 16.3 Å². The maximum absolute atomic E-state index is 12.5. The molecule has 0 spiro atoms. The molecule has 1 aromatic rings. The largest absolute Gasteiger partial charge is 0.495 e. The second-order valence-corrected chi connectivity index (χ2v) is 7.00. The highest BCUT2D eigenvalue weighted by Crippen LogP contribution is 2.31. The molecule has 2 aliphatic rings. The van der Waals surface area contributed by atoms with Crippen molar-refractivity contribution >= 4 is 29.1 Å². The van der Waals surface area contributed by atoms with E-state index in [1.807, 2.05) is 4.90 Å². The minimum atomic E-state index is -0.0841. The Morgan fingerprint density at radius 2 is 1.88 bits per heavy atom. The number of methoxy groups -OCH3 is 1. The van der Waals surface area contributed by atoms with Gasteiger partial charge in [0.15, 0.2) is 0 Å². The van der Waals surface area contributed by atoms with Gasteiger partial charge in [0.2, 0.25) is 11.8 Å². The maximum atomic E-state index is 12.5. The molecule has 6 heteroatoms. The van der Waals surface area contributed by atoms with Crippen molar-refractivity contribution in [3.8, 4) is 5.75 Å². The highest BCUT2D eigenvalue weighted by Gasteiger charge is 2.33. The molecule has 1 heterocycles. The van der Waals surface area contributed by atoms with Gasteiger partial charge in [-0.05, 0) is 43.9 Å². The number of nitrogens with one attached hydrogen (secondary N) is 1. The summed E-state index contributed by atoms with van der Waals surface area (Å²) in [7, 11) is 1.56. The van der Waals surface area contributed by atoms with Crippen molar-refractivity contribution in [3.05, 3.63) is 23.2 Å². The molecule has 0 aromatic heterocycles. The number of piperidine rings is 1. The third-order valence-corrected chi connectivity index (χ3v) is 5.29. The van der Waals surface area contributed by atoms with Crippen molar-refractivity contribution in [2.45, 2.75) is 32.1 Å². The zero-order valence-corrected chi connectivity index (χ0v) is 14.6. The number of carbonyl (C=O) groups excluding carboxylic acids is 2. The third kappa shape index (κ3) is 3.66. The Kier molecular flexibility index (Phi) is 5.29. The van der Waals surface area contributed by atoms with Crippen LogP contribution in [0.3, 0.4) is 0 Å². The summed E-state index contributed by atoms with van der Waals surface area (Å²) in [5.74, 6) is 0.971. The minimum absolute atomic E-state index is 0.0358. The summed E-state index contributed by atoms with van der Waals surface area (Å²) in [6.45, 7) is 1.33. The summed E-state index contributed by atoms with van der Waals surface area (Å²) >= 11 is 5.99. The lowest BCUT2D eigenvalue weighted by Crippen LogP contribution is -2.45. The topological polar surface area (TPSA) is 58.6 Å². The summed E-state index contributed by atoms with van der Waals surface area (Å²) in [6.07, 6.45) is 4.61. The first-order valence-electron chi connectivity index (χ1n) is 8.51. The zero-order chi connectivity index (χ0) is 17.1. The molecule has 1 aromatic carbocycles. The molecule has 5 nitrogen and oxygen atoms in total. The van der Waals surface area contributed by atoms with E-state index in [-0.39, 0.29) is 23.7 Å². The standard InChI is InChI=1S/C18H23ClN2O3/c1-24-16-6-5-14(19)11-15(16)20-17(22)12-7-9-21(10-8-12)18(23)13-3-2-4-13/h5-6,11-13H,2-4,7-10H2,1H3,(H,20,22). The summed E-state index contributed by atoms with van der Waals surface area (Å²) < 4.78 is 5.26. The smallest absolute Gasteiger partial charge is 0.227 e. The summed E-state index contributed by atoms with van der Waals surface area (Å²) in [5.41, 5.74) is 0.586. The van der Waals surface area contributed by atoms with Crippen LogP contribution in [0.2, 0.25) is 5.02 Å². The number of rotatable bonds is 4. The SMILES string of the molecule is COc1ccc(Cl)cc1NC(=O)C1CCN(C(=O)C2CCC2)CC1. The molecule has 2 amide bonds. The number of amides is 2. The van der Waals surface area contributed by atoms with Crippen LogP contribution in [-0.2, 0) is 9.59 Å². The second kappa shape index (κ2) is 7.43. The van der Waals surface area contributed by atoms with Gasteiger partial charge in [-0.25, -0.2) is 0 Å². The van der Waals surface area contributed by atoms with Gasteiger partial charge < -0.3 is 15.0 Å². The molecule has 130 valence electrons. The van der Waals surface area contributed by atoms with Gasteiger partial charge in [-0.15, -0.1) is 0 Å². The van der Waals surface area contributed by atoms with E-state index in [1.165, 1.54) is 0 Å². The van der Waals surface area contributed by atoms with E-state index in [9.17, 15) is 9.59 Å². The Hall–Kier alpha value is -1.75. The monoisotopic (exact) mass is 350 g/mol. The van der Waals surface area contributed by atoms with Gasteiger partial charge in [-0.2, -0.15) is 0 Å². The number of likely N-dealkylation sites (tertiary alicyclic amines) is 1. The first-order valence-corrected chi connectivity index (χ1v) is 8.89. The minimum Gasteiger partial charge on any atom is -0.495 e. The Morgan fingerprint density at radius 1 is 1.17 bits per heavy atom. The number of ether oxygens (including phenoxy) is 1. The number of anilines is 1. The lowest BCUT2D eigenvalue weighted by molar-refractivity contribution is -0.140. The summed E-state index contributed by atoms with van der Waals surface area (Å²) in [6, 6.07) is 5.14. The average Bonchev–Trinajstić information content (AvgIpc) is 2.53. The number of halogens is 1. The molecule has 3 rings (SSSR count). The van der Waals surface area contributed by atoms with Crippen LogP contribution in [-0.4, -0.2) is 36.9 Å². The molecule has 1 saturated heterocycles. The first kappa shape index (κ1) is 17.1. The first-order chi connectivity index (χ1) is 11.6. The van der Waals surface area contributed by atoms with Crippen LogP contribution in [0.25, 0.3) is 0 Å². The quantitative estimate of drug-likeness (QED) is 0.906. The fourth-order valence-electron chi connectivity index (χ4n) is 3.29. The van der Waals surface area contributed by atoms with Crippen LogP contribution in [0.4, 0.5) is 5.69 Å². The number of nitrogens with zero attached hydrogens (tertiary/aromatic N) is 1. The van der Waals surface area contributed by atoms with Crippen LogP contribution >= 0.6 is 11.6 Å². The Labute approximate surface area is 147 Å². The molecule has 1 N–H and O–H groups in total. The number of carbonyl (C=O) groups is 2. The molecule has 0 radical (unpaired) electrons. The summed E-state index contributed by atoms with van der Waals surface area (Å²) in [5, 5.41) is 3.46. The maximum Gasteiger partial charge on any atom is 0.227 e. The van der Waals surface area contributed by atoms with E-state index < -0.39 is 0 Å². The Balaban J connectivity index is 1.55. The second-order valence-electron chi connectivity index (χ2n) is 6.56. The molecule has 1 aliphatic carbocycles. The van der Waals surface area contributed by atoms with Crippen molar-refractivity contribution in [1.82, 2.24) is 4.90 Å². The molecule has 0 bridgehead atoms. The fourth-order valence-corrected chi connectivity index (χ4v) is 3.46. The van der Waals surface area contributed by atoms with Crippen LogP contribution in [0.15, 0.2) is 18.2 Å². The van der Waals surface area contributed by atoms with E-state index in [0.29, 0.717) is 42.4 Å². The average molecular weight is 351 g/mol. The highest BCUT2D eigenvalue weighted by molar-refractivity contribution is 6.31. The van der Waals surface area contributed by atoms with Gasteiger partial charge in [-0.1, -0.05) is 18.0 Å². The lowest BCUT2D eigenvalue weighted by atomic mass is 9.83. The molecule has 0 atom stereocenters. The molecule has 1 aliphatic heterocycles. The predicted octanol–water partition coefficient (Wildman–Crippen LogP) is 3.33. The molecule has 1 saturated carbocycles. The predicted molar refractivity (Wildman–Crippen MR) is 93.3 cm³/mol. The van der Waals surface area contributed by atoms with Crippen molar-refractivity contribution in [2.75, 3.05) is 25.5 Å². The molecular weight excluding hydrogens is 328 g/mol. The normalized spacial score (nSPS) is 18.8. The van der Waals surface area contributed by atoms with Gasteiger partial charge in [-0.3, -0.25) is 9.59 Å². The van der Waals surface area contributed by atoms with Crippen molar-refractivity contribution in [1.29, 1.82) is 0 Å². The molecule has 2 fully saturated rings. The molecule has 24 heavy (non-hydrogen) atoms. The number of benzene rings is 1. The van der Waals surface area contributed by atoms with Gasteiger partial charge in [0.05, 0.1) is 12.8 Å². The van der Waals surface area contributed by atoms with Crippen LogP contribution < -0.4 is 10.1 Å². The van der Waals surface area contributed by atoms with Crippen molar-refractivity contribution in [2.24, 2.45) is 11.8 Å². The zero-order valence-electron chi connectivity index (χ0n) is 13.9. The lowest BCUT2D eigenvalue weighted by Gasteiger charge is -2.36.